The van der Waals surface area contributed by atoms with Crippen molar-refractivity contribution in [2.75, 3.05) is 13.7 Å². The maximum absolute atomic E-state index is 11.2. The summed E-state index contributed by atoms with van der Waals surface area (Å²) in [6.07, 6.45) is 1.73. The summed E-state index contributed by atoms with van der Waals surface area (Å²) in [5.41, 5.74) is 2.65. The molecule has 0 atom stereocenters. The summed E-state index contributed by atoms with van der Waals surface area (Å²) in [7, 11) is 1.31. The van der Waals surface area contributed by atoms with Gasteiger partial charge in [-0.3, -0.25) is 0 Å². The summed E-state index contributed by atoms with van der Waals surface area (Å²) in [5, 5.41) is 8.82. The van der Waals surface area contributed by atoms with Gasteiger partial charge >= 0.3 is 5.97 Å². The number of nitrogens with zero attached hydrogens (tertiary/aromatic N) is 1. The fourth-order valence-electron chi connectivity index (χ4n) is 0.877. The van der Waals surface area contributed by atoms with Gasteiger partial charge in [-0.2, -0.15) is 0 Å². The lowest BCUT2D eigenvalue weighted by atomic mass is 10.2. The van der Waals surface area contributed by atoms with Crippen LogP contribution in [0.1, 0.15) is 22.3 Å². The van der Waals surface area contributed by atoms with Crippen molar-refractivity contribution in [1.82, 2.24) is 4.98 Å². The molecular weight excluding hydrogens is 202 g/mol. The van der Waals surface area contributed by atoms with E-state index in [9.17, 15) is 4.79 Å². The van der Waals surface area contributed by atoms with E-state index in [1.165, 1.54) is 18.4 Å². The Morgan fingerprint density at radius 3 is 3.07 bits per heavy atom. The minimum Gasteiger partial charge on any atom is -0.464 e. The molecule has 1 N–H and O–H groups in total. The maximum Gasteiger partial charge on any atom is 0.358 e. The van der Waals surface area contributed by atoms with E-state index in [-0.39, 0.29) is 6.61 Å². The fraction of sp³-hybridized carbons (Fsp3) is 0.333. The van der Waals surface area contributed by atoms with E-state index in [0.29, 0.717) is 10.6 Å². The van der Waals surface area contributed by atoms with Crippen molar-refractivity contribution in [2.45, 2.75) is 6.92 Å². The molecule has 1 heterocycles. The molecule has 4 nitrogen and oxygen atoms in total. The van der Waals surface area contributed by atoms with E-state index < -0.39 is 5.97 Å². The second-order valence-corrected chi connectivity index (χ2v) is 3.59. The monoisotopic (exact) mass is 213 g/mol. The first-order valence-electron chi connectivity index (χ1n) is 3.99. The molecule has 0 saturated carbocycles. The number of hydrogen-bond donors (Lipinski definition) is 1. The smallest absolute Gasteiger partial charge is 0.358 e. The summed E-state index contributed by atoms with van der Waals surface area (Å²) in [6.45, 7) is 1.75. The highest BCUT2D eigenvalue weighted by atomic mass is 32.1. The molecule has 0 spiro atoms. The molecule has 0 saturated heterocycles. The van der Waals surface area contributed by atoms with Crippen LogP contribution in [0.5, 0.6) is 0 Å². The SMILES string of the molecule is COC(=O)c1ncsc1C=C(C)CO. The predicted molar refractivity (Wildman–Crippen MR) is 54.2 cm³/mol. The minimum absolute atomic E-state index is 0.0293. The number of hydrogen-bond acceptors (Lipinski definition) is 5. The number of aromatic nitrogens is 1. The Morgan fingerprint density at radius 1 is 1.79 bits per heavy atom. The van der Waals surface area contributed by atoms with Gasteiger partial charge in [-0.1, -0.05) is 0 Å². The third-order valence-electron chi connectivity index (χ3n) is 1.60. The largest absolute Gasteiger partial charge is 0.464 e. The Kier molecular flexibility index (Phi) is 3.79. The van der Waals surface area contributed by atoms with E-state index in [2.05, 4.69) is 9.72 Å². The van der Waals surface area contributed by atoms with Crippen molar-refractivity contribution in [2.24, 2.45) is 0 Å². The Bertz CT molecular complexity index is 357. The average molecular weight is 213 g/mol. The van der Waals surface area contributed by atoms with Gasteiger partial charge in [0.05, 0.1) is 24.1 Å². The molecular formula is C9H11NO3S. The van der Waals surface area contributed by atoms with Crippen molar-refractivity contribution in [3.05, 3.63) is 21.7 Å². The average Bonchev–Trinajstić information content (AvgIpc) is 2.64. The zero-order chi connectivity index (χ0) is 10.6. The quantitative estimate of drug-likeness (QED) is 0.769. The zero-order valence-electron chi connectivity index (χ0n) is 7.98. The molecule has 0 bridgehead atoms. The molecule has 5 heteroatoms. The summed E-state index contributed by atoms with van der Waals surface area (Å²) >= 11 is 1.34. The van der Waals surface area contributed by atoms with Crippen molar-refractivity contribution in [3.63, 3.8) is 0 Å². The molecule has 1 aromatic rings. The van der Waals surface area contributed by atoms with Crippen LogP contribution in [-0.2, 0) is 4.74 Å². The number of aliphatic hydroxyl groups is 1. The molecule has 1 aromatic heterocycles. The number of esters is 1. The molecule has 0 aliphatic rings. The second kappa shape index (κ2) is 4.88. The number of carbonyl (C=O) groups excluding carboxylic acids is 1. The van der Waals surface area contributed by atoms with Gasteiger partial charge in [-0.15, -0.1) is 11.3 Å². The molecule has 0 aromatic carbocycles. The molecule has 0 amide bonds. The molecule has 0 radical (unpaired) electrons. The molecule has 0 fully saturated rings. The van der Waals surface area contributed by atoms with Gasteiger partial charge in [0.15, 0.2) is 5.69 Å². The van der Waals surface area contributed by atoms with E-state index >= 15 is 0 Å². The van der Waals surface area contributed by atoms with Crippen molar-refractivity contribution in [3.8, 4) is 0 Å². The fourth-order valence-corrected chi connectivity index (χ4v) is 1.67. The van der Waals surface area contributed by atoms with E-state index in [4.69, 9.17) is 5.11 Å². The topological polar surface area (TPSA) is 59.4 Å². The van der Waals surface area contributed by atoms with Gasteiger partial charge < -0.3 is 9.84 Å². The minimum atomic E-state index is -0.455. The summed E-state index contributed by atoms with van der Waals surface area (Å²) in [4.78, 5) is 15.8. The lowest BCUT2D eigenvalue weighted by Gasteiger charge is -1.97. The van der Waals surface area contributed by atoms with Crippen LogP contribution in [0.2, 0.25) is 0 Å². The highest BCUT2D eigenvalue weighted by Gasteiger charge is 2.13. The van der Waals surface area contributed by atoms with Crippen LogP contribution in [-0.4, -0.2) is 29.8 Å². The Labute approximate surface area is 85.9 Å². The Hall–Kier alpha value is -1.20. The van der Waals surface area contributed by atoms with Gasteiger partial charge in [-0.05, 0) is 18.6 Å². The van der Waals surface area contributed by atoms with Crippen LogP contribution < -0.4 is 0 Å². The van der Waals surface area contributed by atoms with E-state index in [1.807, 2.05) is 0 Å². The molecule has 0 aliphatic heterocycles. The van der Waals surface area contributed by atoms with E-state index in [1.54, 1.807) is 18.5 Å². The van der Waals surface area contributed by atoms with Crippen LogP contribution in [0.3, 0.4) is 0 Å². The third-order valence-corrected chi connectivity index (χ3v) is 2.38. The molecule has 0 aliphatic carbocycles. The van der Waals surface area contributed by atoms with Gasteiger partial charge in [0, 0.05) is 0 Å². The lowest BCUT2D eigenvalue weighted by molar-refractivity contribution is 0.0594. The first kappa shape index (κ1) is 10.9. The van der Waals surface area contributed by atoms with Crippen molar-refractivity contribution < 1.29 is 14.6 Å². The molecule has 14 heavy (non-hydrogen) atoms. The van der Waals surface area contributed by atoms with Crippen LogP contribution in [0.15, 0.2) is 11.1 Å². The van der Waals surface area contributed by atoms with E-state index in [0.717, 1.165) is 5.57 Å². The van der Waals surface area contributed by atoms with Gasteiger partial charge in [0.2, 0.25) is 0 Å². The first-order chi connectivity index (χ1) is 6.69. The van der Waals surface area contributed by atoms with Gasteiger partial charge in [-0.25, -0.2) is 9.78 Å². The highest BCUT2D eigenvalue weighted by molar-refractivity contribution is 7.10. The summed E-state index contributed by atoms with van der Waals surface area (Å²) < 4.78 is 4.56. The molecule has 0 unspecified atom stereocenters. The third kappa shape index (κ3) is 2.40. The zero-order valence-corrected chi connectivity index (χ0v) is 8.80. The number of methoxy groups -OCH3 is 1. The second-order valence-electron chi connectivity index (χ2n) is 2.71. The van der Waals surface area contributed by atoms with Gasteiger partial charge in [0.1, 0.15) is 0 Å². The number of ether oxygens (including phenoxy) is 1. The van der Waals surface area contributed by atoms with Crippen LogP contribution in [0.4, 0.5) is 0 Å². The predicted octanol–water partition coefficient (Wildman–Crippen LogP) is 1.33. The Balaban J connectivity index is 2.99. The summed E-state index contributed by atoms with van der Waals surface area (Å²) in [6, 6.07) is 0. The Morgan fingerprint density at radius 2 is 2.50 bits per heavy atom. The highest BCUT2D eigenvalue weighted by Crippen LogP contribution is 2.17. The summed E-state index contributed by atoms with van der Waals surface area (Å²) in [5.74, 6) is -0.455. The van der Waals surface area contributed by atoms with Crippen LogP contribution in [0, 0.1) is 0 Å². The van der Waals surface area contributed by atoms with Crippen molar-refractivity contribution >= 4 is 23.4 Å². The number of thiazole rings is 1. The maximum atomic E-state index is 11.2. The number of carbonyl (C=O) groups is 1. The number of aliphatic hydroxyl groups excluding tert-OH is 1. The molecule has 76 valence electrons. The molecule has 1 rings (SSSR count). The standard InChI is InChI=1S/C9H11NO3S/c1-6(4-11)3-7-8(9(12)13-2)10-5-14-7/h3,5,11H,4H2,1-2H3. The lowest BCUT2D eigenvalue weighted by Crippen LogP contribution is -2.03. The first-order valence-corrected chi connectivity index (χ1v) is 4.86. The van der Waals surface area contributed by atoms with Crippen molar-refractivity contribution in [1.29, 1.82) is 0 Å². The van der Waals surface area contributed by atoms with Gasteiger partial charge in [0.25, 0.3) is 0 Å². The van der Waals surface area contributed by atoms with Crippen LogP contribution in [0.25, 0.3) is 6.08 Å². The normalized spacial score (nSPS) is 11.5. The van der Waals surface area contributed by atoms with Crippen LogP contribution >= 0.6 is 11.3 Å². The number of rotatable bonds is 3.